The second-order valence-corrected chi connectivity index (χ2v) is 6.24. The summed E-state index contributed by atoms with van der Waals surface area (Å²) >= 11 is 0. The molecule has 0 unspecified atom stereocenters. The zero-order chi connectivity index (χ0) is 27.8. The van der Waals surface area contributed by atoms with Crippen LogP contribution in [0.2, 0.25) is 0 Å². The number of ether oxygens (including phenoxy) is 3. The fourth-order valence-corrected chi connectivity index (χ4v) is 1.90. The predicted octanol–water partition coefficient (Wildman–Crippen LogP) is 5.31. The highest BCUT2D eigenvalue weighted by Gasteiger charge is 2.78. The Labute approximate surface area is 183 Å². The first kappa shape index (κ1) is 30.0. The fraction of sp³-hybridized carbons (Fsp3) is 0.500. The SMILES string of the molecule is COc1cc(COC(=O)C(F)(F)C(F)(F)C(F)(F)F)ccc1OC(=O)C(F)(F)C(F)(F)C(F)(F)F. The van der Waals surface area contributed by atoms with Gasteiger partial charge in [0.15, 0.2) is 11.5 Å². The Bertz CT molecular complexity index is 951. The molecule has 0 aliphatic heterocycles. The molecule has 0 bridgehead atoms. The minimum atomic E-state index is -6.88. The molecule has 1 aromatic carbocycles. The minimum Gasteiger partial charge on any atom is -0.493 e. The number of carbonyl (C=O) groups is 2. The van der Waals surface area contributed by atoms with Crippen LogP contribution in [-0.4, -0.2) is 55.1 Å². The topological polar surface area (TPSA) is 61.8 Å². The van der Waals surface area contributed by atoms with Crippen LogP contribution in [0.1, 0.15) is 5.56 Å². The molecule has 0 spiro atoms. The van der Waals surface area contributed by atoms with Gasteiger partial charge in [0.05, 0.1) is 7.11 Å². The van der Waals surface area contributed by atoms with E-state index in [0.717, 1.165) is 0 Å². The Morgan fingerprint density at radius 1 is 0.686 bits per heavy atom. The number of benzene rings is 1. The molecule has 200 valence electrons. The number of methoxy groups -OCH3 is 1. The third-order valence-electron chi connectivity index (χ3n) is 3.81. The molecule has 0 saturated carbocycles. The van der Waals surface area contributed by atoms with E-state index in [1.807, 2.05) is 0 Å². The van der Waals surface area contributed by atoms with Gasteiger partial charge in [-0.1, -0.05) is 6.07 Å². The van der Waals surface area contributed by atoms with Gasteiger partial charge in [0.2, 0.25) is 0 Å². The molecule has 0 aliphatic carbocycles. The lowest BCUT2D eigenvalue weighted by Gasteiger charge is -2.26. The van der Waals surface area contributed by atoms with Gasteiger partial charge in [-0.3, -0.25) is 0 Å². The van der Waals surface area contributed by atoms with Gasteiger partial charge in [0, 0.05) is 0 Å². The van der Waals surface area contributed by atoms with Crippen molar-refractivity contribution in [3.05, 3.63) is 23.8 Å². The summed E-state index contributed by atoms with van der Waals surface area (Å²) in [5.41, 5.74) is -0.617. The predicted molar refractivity (Wildman–Crippen MR) is 80.3 cm³/mol. The van der Waals surface area contributed by atoms with Gasteiger partial charge >= 0.3 is 48.0 Å². The van der Waals surface area contributed by atoms with Crippen LogP contribution in [0.15, 0.2) is 18.2 Å². The van der Waals surface area contributed by atoms with Crippen molar-refractivity contribution < 1.29 is 85.3 Å². The number of hydrogen-bond donors (Lipinski definition) is 0. The molecular formula is C16H8F14O5. The summed E-state index contributed by atoms with van der Waals surface area (Å²) in [5, 5.41) is 0. The van der Waals surface area contributed by atoms with Gasteiger partial charge < -0.3 is 14.2 Å². The average Bonchev–Trinajstić information content (AvgIpc) is 2.70. The first-order valence-corrected chi connectivity index (χ1v) is 8.16. The molecule has 0 saturated heterocycles. The summed E-state index contributed by atoms with van der Waals surface area (Å²) in [6, 6.07) is 1.25. The summed E-state index contributed by atoms with van der Waals surface area (Å²) in [6.45, 7) is -1.49. The van der Waals surface area contributed by atoms with Gasteiger partial charge in [-0.15, -0.1) is 0 Å². The Kier molecular flexibility index (Phi) is 7.90. The Morgan fingerprint density at radius 3 is 1.51 bits per heavy atom. The summed E-state index contributed by atoms with van der Waals surface area (Å²) in [4.78, 5) is 22.3. The monoisotopic (exact) mass is 546 g/mol. The second-order valence-electron chi connectivity index (χ2n) is 6.24. The Balaban J connectivity index is 3.08. The highest BCUT2D eigenvalue weighted by Crippen LogP contribution is 2.48. The normalized spacial score (nSPS) is 13.9. The van der Waals surface area contributed by atoms with E-state index in [0.29, 0.717) is 25.3 Å². The molecule has 5 nitrogen and oxygen atoms in total. The lowest BCUT2D eigenvalue weighted by molar-refractivity contribution is -0.348. The maximum absolute atomic E-state index is 13.3. The van der Waals surface area contributed by atoms with Crippen LogP contribution in [0.3, 0.4) is 0 Å². The lowest BCUT2D eigenvalue weighted by Crippen LogP contribution is -2.57. The van der Waals surface area contributed by atoms with E-state index in [1.54, 1.807) is 0 Å². The maximum atomic E-state index is 13.3. The number of rotatable bonds is 8. The number of carbonyl (C=O) groups excluding carboxylic acids is 2. The van der Waals surface area contributed by atoms with Gasteiger partial charge in [-0.05, 0) is 17.7 Å². The minimum absolute atomic E-state index is 0.324. The van der Waals surface area contributed by atoms with E-state index >= 15 is 0 Å². The molecule has 1 rings (SSSR count). The van der Waals surface area contributed by atoms with Crippen molar-refractivity contribution in [2.24, 2.45) is 0 Å². The van der Waals surface area contributed by atoms with Crippen LogP contribution in [0.25, 0.3) is 0 Å². The molecule has 35 heavy (non-hydrogen) atoms. The van der Waals surface area contributed by atoms with Gasteiger partial charge in [0.25, 0.3) is 0 Å². The van der Waals surface area contributed by atoms with Crippen LogP contribution in [-0.2, 0) is 20.9 Å². The van der Waals surface area contributed by atoms with Crippen molar-refractivity contribution in [3.63, 3.8) is 0 Å². The van der Waals surface area contributed by atoms with E-state index in [4.69, 9.17) is 0 Å². The highest BCUT2D eigenvalue weighted by molar-refractivity contribution is 5.82. The van der Waals surface area contributed by atoms with Gasteiger partial charge in [0.1, 0.15) is 6.61 Å². The molecule has 0 aliphatic rings. The molecule has 19 heteroatoms. The van der Waals surface area contributed by atoms with Crippen LogP contribution in [0, 0.1) is 0 Å². The third kappa shape index (κ3) is 5.47. The number of hydrogen-bond acceptors (Lipinski definition) is 5. The standard InChI is InChI=1S/C16H8F14O5/c1-33-8-4-6(5-34-9(31)11(17,18)13(21,22)15(25,26)27)2-3-7(8)35-10(32)12(19,20)14(23,24)16(28,29)30/h2-4H,5H2,1H3. The van der Waals surface area contributed by atoms with Gasteiger partial charge in [-0.25, -0.2) is 9.59 Å². The van der Waals surface area contributed by atoms with Crippen molar-refractivity contribution in [3.8, 4) is 11.5 Å². The van der Waals surface area contributed by atoms with Crippen LogP contribution >= 0.6 is 0 Å². The maximum Gasteiger partial charge on any atom is 0.460 e. The van der Waals surface area contributed by atoms with E-state index in [1.165, 1.54) is 0 Å². The smallest absolute Gasteiger partial charge is 0.460 e. The zero-order valence-corrected chi connectivity index (χ0v) is 16.3. The summed E-state index contributed by atoms with van der Waals surface area (Å²) < 4.78 is 189. The molecule has 0 fully saturated rings. The molecule has 0 radical (unpaired) electrons. The fourth-order valence-electron chi connectivity index (χ4n) is 1.90. The average molecular weight is 546 g/mol. The van der Waals surface area contributed by atoms with Crippen molar-refractivity contribution in [2.75, 3.05) is 7.11 Å². The number of esters is 2. The summed E-state index contributed by atoms with van der Waals surface area (Å²) in [7, 11) is 0.670. The quantitative estimate of drug-likeness (QED) is 0.252. The Morgan fingerprint density at radius 2 is 1.11 bits per heavy atom. The van der Waals surface area contributed by atoms with Crippen LogP contribution in [0.4, 0.5) is 61.5 Å². The molecule has 0 atom stereocenters. The highest BCUT2D eigenvalue weighted by atomic mass is 19.4. The first-order valence-electron chi connectivity index (χ1n) is 8.16. The largest absolute Gasteiger partial charge is 0.493 e. The summed E-state index contributed by atoms with van der Waals surface area (Å²) in [5.74, 6) is -35.5. The zero-order valence-electron chi connectivity index (χ0n) is 16.3. The van der Waals surface area contributed by atoms with E-state index < -0.39 is 71.7 Å². The molecule has 0 amide bonds. The molecule has 0 heterocycles. The first-order chi connectivity index (χ1) is 15.4. The Hall–Kier alpha value is -3.02. The molecular weight excluding hydrogens is 538 g/mol. The van der Waals surface area contributed by atoms with E-state index in [2.05, 4.69) is 14.2 Å². The third-order valence-corrected chi connectivity index (χ3v) is 3.81. The molecule has 0 aromatic heterocycles. The van der Waals surface area contributed by atoms with E-state index in [9.17, 15) is 71.1 Å². The number of alkyl halides is 14. The molecule has 1 aromatic rings. The molecule has 0 N–H and O–H groups in total. The van der Waals surface area contributed by atoms with Crippen molar-refractivity contribution in [1.82, 2.24) is 0 Å². The number of halogens is 14. The lowest BCUT2D eigenvalue weighted by atomic mass is 10.1. The van der Waals surface area contributed by atoms with Crippen molar-refractivity contribution in [2.45, 2.75) is 42.6 Å². The van der Waals surface area contributed by atoms with Crippen molar-refractivity contribution >= 4 is 11.9 Å². The van der Waals surface area contributed by atoms with Gasteiger partial charge in [-0.2, -0.15) is 61.5 Å². The summed E-state index contributed by atoms with van der Waals surface area (Å²) in [6.07, 6.45) is -13.7. The second kappa shape index (κ2) is 9.21. The van der Waals surface area contributed by atoms with Crippen LogP contribution < -0.4 is 9.47 Å². The van der Waals surface area contributed by atoms with Crippen LogP contribution in [0.5, 0.6) is 11.5 Å². The van der Waals surface area contributed by atoms with E-state index in [-0.39, 0.29) is 0 Å². The van der Waals surface area contributed by atoms with Crippen molar-refractivity contribution in [1.29, 1.82) is 0 Å².